The highest BCUT2D eigenvalue weighted by Gasteiger charge is 2.12. The van der Waals surface area contributed by atoms with Crippen LogP contribution < -0.4 is 97.6 Å². The third-order valence-corrected chi connectivity index (χ3v) is 20.6. The van der Waals surface area contributed by atoms with E-state index in [-0.39, 0.29) is 0 Å². The van der Waals surface area contributed by atoms with Crippen LogP contribution in [0.1, 0.15) is 89.2 Å². The second kappa shape index (κ2) is 59.7. The standard InChI is InChI=1S/C19H17N3OS.C18H21N3OS.C17H19N3O2S.2C17H19N3OS.C15H14BrN3OS/c1-23-18-12-5-3-8-15(18)13-20-22-19(24)21-17-11-6-9-14-7-2-4-10-16(14)17;1-13(2)15-9-5-6-10-16(15)20-18(23)21-19-12-14-8-4-7-11-17(14)22-3;1-3-22-16-11-7-5-9-14(16)19-17(23)20-18-12-13-8-4-6-10-15(13)21-2;1-12-8-9-15(13(2)10-12)19-17(22)20-18-11-14-6-4-5-7-16(14)21-3;1-3-13-8-4-6-10-15(13)19-17(22)20-18-12-14-9-5-7-11-16(14)21-2;1-20-14-9-5-2-6-11(14)10-17-19-15(21)18-13-8-4-3-7-12(13)16/h2-13H,1H3,(H2,21,22,24);4-13H,1-3H3,(H2,20,21,23);4-12H,3H2,1-2H3,(H2,19,20,23);4-11H,1-3H3,(H2,19,20,22);4-12H,3H2,1-2H3,(H2,19,20,22);2-10H,1H3,(H2,18,19,21)/b20-13+;19-12+;18-12+;18-11+;18-12+;17-10+. The Labute approximate surface area is 830 Å². The molecule has 135 heavy (non-hydrogen) atoms. The Morgan fingerprint density at radius 1 is 0.304 bits per heavy atom. The zero-order valence-electron chi connectivity index (χ0n) is 76.7. The first kappa shape index (κ1) is 106. The van der Waals surface area contributed by atoms with Crippen LogP contribution in [0.2, 0.25) is 0 Å². The molecule has 0 aliphatic heterocycles. The number of hydrogen-bond acceptors (Lipinski definition) is 19. The minimum Gasteiger partial charge on any atom is -0.496 e. The van der Waals surface area contributed by atoms with Gasteiger partial charge >= 0.3 is 0 Å². The second-order valence-corrected chi connectivity index (χ2v) is 31.7. The van der Waals surface area contributed by atoms with Crippen molar-refractivity contribution >= 4 is 202 Å². The fourth-order valence-electron chi connectivity index (χ4n) is 12.3. The van der Waals surface area contributed by atoms with Crippen LogP contribution in [0.5, 0.6) is 40.2 Å². The number of benzene rings is 13. The van der Waals surface area contributed by atoms with E-state index in [2.05, 4.69) is 175 Å². The molecule has 25 nitrogen and oxygen atoms in total. The van der Waals surface area contributed by atoms with Gasteiger partial charge in [-0.2, -0.15) is 30.6 Å². The van der Waals surface area contributed by atoms with Gasteiger partial charge in [-0.15, -0.1) is 0 Å². The molecular formula is C103H109BrN18O7S6. The molecule has 0 saturated heterocycles. The molecule has 0 spiro atoms. The van der Waals surface area contributed by atoms with Crippen molar-refractivity contribution in [1.29, 1.82) is 0 Å². The third kappa shape index (κ3) is 37.2. The number of ether oxygens (including phenoxy) is 7. The molecule has 0 atom stereocenters. The average Bonchev–Trinajstić information content (AvgIpc) is 0.823. The molecule has 0 heterocycles. The summed E-state index contributed by atoms with van der Waals surface area (Å²) < 4.78 is 38.0. The number of nitrogens with one attached hydrogen (secondary N) is 12. The monoisotopic (exact) mass is 1980 g/mol. The first-order valence-corrected chi connectivity index (χ1v) is 45.5. The van der Waals surface area contributed by atoms with E-state index in [1.54, 1.807) is 79.9 Å². The highest BCUT2D eigenvalue weighted by atomic mass is 79.9. The molecular weight excluding hydrogens is 1870 g/mol. The molecule has 0 unspecified atom stereocenters. The predicted octanol–water partition coefficient (Wildman–Crippen LogP) is 22.7. The minimum absolute atomic E-state index is 0.378. The van der Waals surface area contributed by atoms with Crippen LogP contribution in [0, 0.1) is 13.8 Å². The summed E-state index contributed by atoms with van der Waals surface area (Å²) in [4.78, 5) is 0. The van der Waals surface area contributed by atoms with E-state index in [1.165, 1.54) is 16.7 Å². The summed E-state index contributed by atoms with van der Waals surface area (Å²) in [7, 11) is 9.78. The average molecular weight is 1980 g/mol. The number of methoxy groups -OCH3 is 6. The number of halogens is 1. The number of aryl methyl sites for hydroxylation is 3. The first-order chi connectivity index (χ1) is 65.7. The Balaban J connectivity index is 0.000000199. The molecule has 696 valence electrons. The largest absolute Gasteiger partial charge is 0.496 e. The number of hydrogen-bond donors (Lipinski definition) is 12. The number of para-hydroxylation sites is 11. The quantitative estimate of drug-likeness (QED) is 0.0123. The summed E-state index contributed by atoms with van der Waals surface area (Å²) in [6, 6.07) is 97.6. The van der Waals surface area contributed by atoms with Crippen LogP contribution in [-0.4, -0.2) is 117 Å². The lowest BCUT2D eigenvalue weighted by Gasteiger charge is -2.14. The van der Waals surface area contributed by atoms with Gasteiger partial charge in [0.1, 0.15) is 40.2 Å². The molecule has 0 saturated carbocycles. The SMILES string of the molecule is CCOc1ccccc1NC(=S)N/N=C/c1ccccc1OC.CCc1ccccc1NC(=S)N/N=C/c1ccccc1OC.COc1ccccc1/C=N/NC(=S)Nc1ccc(C)cc1C.COc1ccccc1/C=N/NC(=S)Nc1cccc2ccccc12.COc1ccccc1/C=N/NC(=S)Nc1ccccc1Br.COc1ccccc1/C=N/NC(=S)Nc1ccccc1C(C)C. The Kier molecular flexibility index (Phi) is 46.7. The van der Waals surface area contributed by atoms with Crippen molar-refractivity contribution in [2.75, 3.05) is 81.2 Å². The molecule has 0 aromatic heterocycles. The Hall–Kier alpha value is -14.6. The first-order valence-electron chi connectivity index (χ1n) is 42.2. The van der Waals surface area contributed by atoms with E-state index >= 15 is 0 Å². The van der Waals surface area contributed by atoms with Gasteiger partial charge < -0.3 is 65.1 Å². The van der Waals surface area contributed by atoms with Crippen molar-refractivity contribution in [3.8, 4) is 40.2 Å². The van der Waals surface area contributed by atoms with E-state index in [0.717, 1.165) is 135 Å². The predicted molar refractivity (Wildman–Crippen MR) is 588 cm³/mol. The molecule has 0 bridgehead atoms. The van der Waals surface area contributed by atoms with E-state index < -0.39 is 0 Å². The van der Waals surface area contributed by atoms with Gasteiger partial charge in [-0.1, -0.05) is 208 Å². The molecule has 0 radical (unpaired) electrons. The molecule has 32 heteroatoms. The van der Waals surface area contributed by atoms with Gasteiger partial charge in [0.15, 0.2) is 30.7 Å². The molecule has 0 aliphatic rings. The number of hydrazone groups is 6. The summed E-state index contributed by atoms with van der Waals surface area (Å²) >= 11 is 35.0. The number of rotatable bonds is 28. The van der Waals surface area contributed by atoms with Crippen molar-refractivity contribution in [3.63, 3.8) is 0 Å². The van der Waals surface area contributed by atoms with Crippen molar-refractivity contribution in [3.05, 3.63) is 363 Å². The second-order valence-electron chi connectivity index (χ2n) is 28.4. The van der Waals surface area contributed by atoms with Gasteiger partial charge in [0, 0.05) is 66.0 Å². The number of anilines is 6. The lowest BCUT2D eigenvalue weighted by Crippen LogP contribution is -2.24. The van der Waals surface area contributed by atoms with Crippen LogP contribution in [0.25, 0.3) is 10.8 Å². The van der Waals surface area contributed by atoms with Gasteiger partial charge in [-0.05, 0) is 266 Å². The van der Waals surface area contributed by atoms with Crippen molar-refractivity contribution in [1.82, 2.24) is 32.6 Å². The topological polar surface area (TPSA) is 283 Å². The van der Waals surface area contributed by atoms with Gasteiger partial charge in [0.2, 0.25) is 0 Å². The Morgan fingerprint density at radius 2 is 0.593 bits per heavy atom. The number of fused-ring (bicyclic) bond motifs is 1. The zero-order chi connectivity index (χ0) is 96.7. The Morgan fingerprint density at radius 3 is 0.970 bits per heavy atom. The molecule has 12 N–H and O–H groups in total. The van der Waals surface area contributed by atoms with Gasteiger partial charge in [0.05, 0.1) is 97.9 Å². The summed E-state index contributed by atoms with van der Waals surface area (Å²) in [5.74, 6) is 5.72. The summed E-state index contributed by atoms with van der Waals surface area (Å²) in [6.45, 7) is 13.0. The van der Waals surface area contributed by atoms with Crippen molar-refractivity contribution in [2.45, 2.75) is 53.9 Å². The molecule has 13 aromatic carbocycles. The summed E-state index contributed by atoms with van der Waals surface area (Å²) in [6.07, 6.45) is 11.0. The van der Waals surface area contributed by atoms with Crippen LogP contribution in [0.15, 0.2) is 338 Å². The van der Waals surface area contributed by atoms with E-state index in [9.17, 15) is 0 Å². The van der Waals surface area contributed by atoms with Crippen LogP contribution in [0.3, 0.4) is 0 Å². The van der Waals surface area contributed by atoms with E-state index in [1.807, 2.05) is 281 Å². The van der Waals surface area contributed by atoms with E-state index in [4.69, 9.17) is 106 Å². The fourth-order valence-corrected chi connectivity index (χ4v) is 13.6. The molecule has 13 rings (SSSR count). The maximum atomic E-state index is 5.54. The zero-order valence-corrected chi connectivity index (χ0v) is 83.2. The highest BCUT2D eigenvalue weighted by molar-refractivity contribution is 9.10. The van der Waals surface area contributed by atoms with E-state index in [0.29, 0.717) is 43.2 Å². The van der Waals surface area contributed by atoms with Crippen LogP contribution in [-0.2, 0) is 6.42 Å². The maximum Gasteiger partial charge on any atom is 0.191 e. The van der Waals surface area contributed by atoms with Crippen molar-refractivity contribution in [2.24, 2.45) is 30.6 Å². The van der Waals surface area contributed by atoms with Gasteiger partial charge in [-0.3, -0.25) is 32.6 Å². The van der Waals surface area contributed by atoms with Crippen LogP contribution >= 0.6 is 89.2 Å². The molecule has 0 amide bonds. The lowest BCUT2D eigenvalue weighted by molar-refractivity contribution is 0.342. The third-order valence-electron chi connectivity index (χ3n) is 18.8. The normalized spacial score (nSPS) is 10.5. The summed E-state index contributed by atoms with van der Waals surface area (Å²) in [5, 5.41) is 48.4. The number of thiocarbonyl (C=S) groups is 6. The highest BCUT2D eigenvalue weighted by Crippen LogP contribution is 2.29. The smallest absolute Gasteiger partial charge is 0.191 e. The van der Waals surface area contributed by atoms with Gasteiger partial charge in [0.25, 0.3) is 0 Å². The minimum atomic E-state index is 0.378. The molecule has 0 fully saturated rings. The summed E-state index contributed by atoms with van der Waals surface area (Å²) in [5.41, 5.74) is 32.4. The van der Waals surface area contributed by atoms with Gasteiger partial charge in [-0.25, -0.2) is 0 Å². The maximum absolute atomic E-state index is 5.54. The Bertz CT molecular complexity index is 6220. The lowest BCUT2D eigenvalue weighted by atomic mass is 10.0. The fraction of sp³-hybridized carbons (Fsp3) is 0.146. The molecule has 13 aromatic rings. The van der Waals surface area contributed by atoms with Crippen molar-refractivity contribution < 1.29 is 33.2 Å². The molecule has 0 aliphatic carbocycles. The van der Waals surface area contributed by atoms with Crippen LogP contribution in [0.4, 0.5) is 34.1 Å². The number of nitrogens with zero attached hydrogens (tertiary/aromatic N) is 6.